The van der Waals surface area contributed by atoms with Gasteiger partial charge in [-0.15, -0.1) is 0 Å². The first kappa shape index (κ1) is 21.2. The molecule has 0 aliphatic carbocycles. The minimum atomic E-state index is -0.999. The summed E-state index contributed by atoms with van der Waals surface area (Å²) >= 11 is 0. The molecule has 156 valence electrons. The molecule has 0 radical (unpaired) electrons. The van der Waals surface area contributed by atoms with Crippen LogP contribution in [0.4, 0.5) is 13.6 Å². The molecular formula is C22H20F2N2O4. The maximum atomic E-state index is 15.2. The van der Waals surface area contributed by atoms with Crippen LogP contribution >= 0.6 is 0 Å². The van der Waals surface area contributed by atoms with E-state index in [4.69, 9.17) is 10.5 Å². The van der Waals surface area contributed by atoms with Crippen molar-refractivity contribution in [3.63, 3.8) is 0 Å². The number of ketones is 1. The van der Waals surface area contributed by atoms with Gasteiger partial charge in [-0.2, -0.15) is 0 Å². The van der Waals surface area contributed by atoms with E-state index < -0.39 is 29.1 Å². The van der Waals surface area contributed by atoms with E-state index in [2.05, 4.69) is 9.72 Å². The summed E-state index contributed by atoms with van der Waals surface area (Å²) in [6.45, 7) is 3.50. The SMILES string of the molecule is CCOc1nccc2c(C(=O)c3c(F)cc(C)c(CCOC(N)=O)c3F)cccc12. The standard InChI is InChI=1S/C22H20F2N2O4/c1-3-29-21-16-6-4-5-15(14(16)7-9-26-21)20(27)18-17(23)11-12(2)13(19(18)24)8-10-30-22(25)28/h4-7,9,11H,3,8,10H2,1-2H3,(H2,25,28). The maximum absolute atomic E-state index is 15.2. The molecule has 1 aromatic heterocycles. The highest BCUT2D eigenvalue weighted by atomic mass is 19.1. The Bertz CT molecular complexity index is 1130. The molecule has 2 aromatic carbocycles. The number of carbonyl (C=O) groups is 2. The van der Waals surface area contributed by atoms with Crippen molar-refractivity contribution in [3.05, 3.63) is 70.4 Å². The fraction of sp³-hybridized carbons (Fsp3) is 0.227. The molecule has 0 unspecified atom stereocenters. The lowest BCUT2D eigenvalue weighted by molar-refractivity contribution is 0.103. The number of rotatable bonds is 7. The Balaban J connectivity index is 2.09. The molecule has 2 N–H and O–H groups in total. The molecule has 0 saturated heterocycles. The zero-order valence-electron chi connectivity index (χ0n) is 16.5. The highest BCUT2D eigenvalue weighted by Gasteiger charge is 2.25. The first-order valence-electron chi connectivity index (χ1n) is 9.30. The number of aryl methyl sites for hydroxylation is 1. The lowest BCUT2D eigenvalue weighted by Crippen LogP contribution is -2.17. The van der Waals surface area contributed by atoms with Gasteiger partial charge in [0.1, 0.15) is 11.6 Å². The second-order valence-electron chi connectivity index (χ2n) is 6.54. The third-order valence-electron chi connectivity index (χ3n) is 4.66. The van der Waals surface area contributed by atoms with Crippen molar-refractivity contribution in [3.8, 4) is 5.88 Å². The average Bonchev–Trinajstić information content (AvgIpc) is 2.70. The highest BCUT2D eigenvalue weighted by molar-refractivity contribution is 6.17. The van der Waals surface area contributed by atoms with Crippen LogP contribution in [-0.4, -0.2) is 30.1 Å². The molecule has 3 rings (SSSR count). The number of primary amides is 1. The predicted molar refractivity (Wildman–Crippen MR) is 107 cm³/mol. The topological polar surface area (TPSA) is 91.5 Å². The largest absolute Gasteiger partial charge is 0.478 e. The number of amides is 1. The second kappa shape index (κ2) is 8.86. The van der Waals surface area contributed by atoms with E-state index >= 15 is 4.39 Å². The summed E-state index contributed by atoms with van der Waals surface area (Å²) in [5.74, 6) is -2.42. The van der Waals surface area contributed by atoms with Gasteiger partial charge < -0.3 is 15.2 Å². The lowest BCUT2D eigenvalue weighted by atomic mass is 9.93. The molecule has 0 fully saturated rings. The van der Waals surface area contributed by atoms with Crippen molar-refractivity contribution in [2.24, 2.45) is 5.73 Å². The minimum Gasteiger partial charge on any atom is -0.478 e. The average molecular weight is 414 g/mol. The Morgan fingerprint density at radius 1 is 1.17 bits per heavy atom. The fourth-order valence-electron chi connectivity index (χ4n) is 3.31. The second-order valence-corrected chi connectivity index (χ2v) is 6.54. The van der Waals surface area contributed by atoms with Gasteiger partial charge in [-0.1, -0.05) is 12.1 Å². The molecule has 6 nitrogen and oxygen atoms in total. The third-order valence-corrected chi connectivity index (χ3v) is 4.66. The molecule has 3 aromatic rings. The Morgan fingerprint density at radius 3 is 2.63 bits per heavy atom. The molecule has 8 heteroatoms. The monoisotopic (exact) mass is 414 g/mol. The number of benzene rings is 2. The zero-order chi connectivity index (χ0) is 21.8. The van der Waals surface area contributed by atoms with Crippen LogP contribution in [0.25, 0.3) is 10.8 Å². The number of halogens is 2. The normalized spacial score (nSPS) is 10.8. The molecular weight excluding hydrogens is 394 g/mol. The van der Waals surface area contributed by atoms with Crippen molar-refractivity contribution in [1.82, 2.24) is 4.98 Å². The number of nitrogens with zero attached hydrogens (tertiary/aromatic N) is 1. The van der Waals surface area contributed by atoms with Crippen molar-refractivity contribution in [1.29, 1.82) is 0 Å². The number of ether oxygens (including phenoxy) is 2. The van der Waals surface area contributed by atoms with Gasteiger partial charge in [0.2, 0.25) is 5.88 Å². The Hall–Kier alpha value is -3.55. The summed E-state index contributed by atoms with van der Waals surface area (Å²) in [4.78, 5) is 28.1. The number of aromatic nitrogens is 1. The summed E-state index contributed by atoms with van der Waals surface area (Å²) in [5.41, 5.74) is 4.75. The van der Waals surface area contributed by atoms with Crippen molar-refractivity contribution in [2.75, 3.05) is 13.2 Å². The van der Waals surface area contributed by atoms with E-state index in [0.29, 0.717) is 28.8 Å². The molecule has 0 bridgehead atoms. The number of hydrogen-bond donors (Lipinski definition) is 1. The molecule has 0 aliphatic heterocycles. The van der Waals surface area contributed by atoms with Crippen LogP contribution in [0.2, 0.25) is 0 Å². The summed E-state index contributed by atoms with van der Waals surface area (Å²) in [6.07, 6.45) is 0.425. The van der Waals surface area contributed by atoms with E-state index in [1.807, 2.05) is 0 Å². The van der Waals surface area contributed by atoms with Crippen LogP contribution in [-0.2, 0) is 11.2 Å². The molecule has 0 saturated carbocycles. The van der Waals surface area contributed by atoms with E-state index in [-0.39, 0.29) is 24.2 Å². The van der Waals surface area contributed by atoms with Crippen LogP contribution < -0.4 is 10.5 Å². The Labute approximate surface area is 171 Å². The van der Waals surface area contributed by atoms with Gasteiger partial charge in [0.25, 0.3) is 0 Å². The van der Waals surface area contributed by atoms with Gasteiger partial charge in [0.05, 0.1) is 18.8 Å². The number of nitrogens with two attached hydrogens (primary N) is 1. The van der Waals surface area contributed by atoms with Gasteiger partial charge in [-0.25, -0.2) is 18.6 Å². The van der Waals surface area contributed by atoms with Crippen LogP contribution in [0.3, 0.4) is 0 Å². The van der Waals surface area contributed by atoms with Gasteiger partial charge in [-0.3, -0.25) is 4.79 Å². The quantitative estimate of drug-likeness (QED) is 0.588. The number of fused-ring (bicyclic) bond motifs is 1. The smallest absolute Gasteiger partial charge is 0.404 e. The predicted octanol–water partition coefficient (Wildman–Crippen LogP) is 4.09. The van der Waals surface area contributed by atoms with Gasteiger partial charge in [0, 0.05) is 23.6 Å². The van der Waals surface area contributed by atoms with Crippen LogP contribution in [0.15, 0.2) is 36.5 Å². The number of carbonyl (C=O) groups excluding carboxylic acids is 2. The van der Waals surface area contributed by atoms with Gasteiger partial charge >= 0.3 is 6.09 Å². The van der Waals surface area contributed by atoms with Gasteiger partial charge in [-0.05, 0) is 48.6 Å². The molecule has 0 aliphatic rings. The molecule has 1 amide bonds. The number of pyridine rings is 1. The maximum Gasteiger partial charge on any atom is 0.404 e. The summed E-state index contributed by atoms with van der Waals surface area (Å²) < 4.78 is 40.0. The van der Waals surface area contributed by atoms with Crippen LogP contribution in [0.1, 0.15) is 34.0 Å². The first-order valence-corrected chi connectivity index (χ1v) is 9.30. The van der Waals surface area contributed by atoms with E-state index in [0.717, 1.165) is 6.07 Å². The van der Waals surface area contributed by atoms with Crippen molar-refractivity contribution in [2.45, 2.75) is 20.3 Å². The molecule has 0 spiro atoms. The van der Waals surface area contributed by atoms with E-state index in [1.54, 1.807) is 25.1 Å². The van der Waals surface area contributed by atoms with Gasteiger partial charge in [0.15, 0.2) is 5.78 Å². The van der Waals surface area contributed by atoms with Crippen molar-refractivity contribution < 1.29 is 27.8 Å². The van der Waals surface area contributed by atoms with Crippen molar-refractivity contribution >= 4 is 22.6 Å². The van der Waals surface area contributed by atoms with Crippen LogP contribution in [0, 0.1) is 18.6 Å². The lowest BCUT2D eigenvalue weighted by Gasteiger charge is -2.14. The molecule has 1 heterocycles. The highest BCUT2D eigenvalue weighted by Crippen LogP contribution is 2.30. The first-order chi connectivity index (χ1) is 14.3. The number of hydrogen-bond acceptors (Lipinski definition) is 5. The molecule has 0 atom stereocenters. The summed E-state index contributed by atoms with van der Waals surface area (Å²) in [7, 11) is 0. The zero-order valence-corrected chi connectivity index (χ0v) is 16.5. The van der Waals surface area contributed by atoms with Crippen LogP contribution in [0.5, 0.6) is 5.88 Å². The van der Waals surface area contributed by atoms with E-state index in [1.165, 1.54) is 19.2 Å². The Kier molecular flexibility index (Phi) is 6.25. The fourth-order valence-corrected chi connectivity index (χ4v) is 3.31. The third kappa shape index (κ3) is 4.07. The Morgan fingerprint density at radius 2 is 1.93 bits per heavy atom. The summed E-state index contributed by atoms with van der Waals surface area (Å²) in [6, 6.07) is 7.50. The summed E-state index contributed by atoms with van der Waals surface area (Å²) in [5, 5.41) is 1.03. The molecule has 30 heavy (non-hydrogen) atoms. The van der Waals surface area contributed by atoms with E-state index in [9.17, 15) is 14.0 Å². The minimum absolute atomic E-state index is 0.0465.